The first-order valence-corrected chi connectivity index (χ1v) is 21.4. The van der Waals surface area contributed by atoms with E-state index in [2.05, 4.69) is 115 Å². The summed E-state index contributed by atoms with van der Waals surface area (Å²) in [5.41, 5.74) is 1.14. The van der Waals surface area contributed by atoms with Crippen molar-refractivity contribution in [2.45, 2.75) is 0 Å². The van der Waals surface area contributed by atoms with Crippen LogP contribution in [0.5, 0.6) is 0 Å². The third-order valence-corrected chi connectivity index (χ3v) is 8.14. The van der Waals surface area contributed by atoms with E-state index in [1.54, 1.807) is 0 Å². The van der Waals surface area contributed by atoms with E-state index in [1.165, 1.54) is 0 Å². The fourth-order valence-corrected chi connectivity index (χ4v) is 4.60. The number of phosphoric ester groups is 5. The third kappa shape index (κ3) is 40.0. The maximum Gasteiger partial charge on any atom is 0.319 e. The summed E-state index contributed by atoms with van der Waals surface area (Å²) in [6, 6.07) is 0. The van der Waals surface area contributed by atoms with Crippen molar-refractivity contribution in [3.63, 3.8) is 0 Å². The van der Waals surface area contributed by atoms with Gasteiger partial charge in [-0.15, -0.1) is 4.48 Å². The molecule has 350 valence electrons. The van der Waals surface area contributed by atoms with Crippen LogP contribution in [0.1, 0.15) is 0 Å². The molecule has 0 heterocycles. The molecule has 0 fully saturated rings. The predicted molar refractivity (Wildman–Crippen MR) is 151 cm³/mol. The monoisotopic (exact) mass is 982 g/mol. The van der Waals surface area contributed by atoms with Crippen molar-refractivity contribution < 1.29 is 172 Å². The van der Waals surface area contributed by atoms with Crippen LogP contribution in [-0.4, -0.2) is 71.4 Å². The Hall–Kier alpha value is -1.90. The molecule has 36 nitrogen and oxygen atoms in total. The second kappa shape index (κ2) is 33.7. The van der Waals surface area contributed by atoms with E-state index in [1.807, 2.05) is 0 Å². The third-order valence-electron chi connectivity index (χ3n) is 4.11. The minimum atomic E-state index is -5.15. The molecular formula is C17H30FNO35P5-5. The van der Waals surface area contributed by atoms with Crippen LogP contribution in [0.4, 0.5) is 4.48 Å². The van der Waals surface area contributed by atoms with Gasteiger partial charge in [0.25, 0.3) is 15.6 Å². The zero-order chi connectivity index (χ0) is 44.4. The van der Waals surface area contributed by atoms with Gasteiger partial charge in [0.2, 0.25) is 0 Å². The standard InChI is InChI=1S/C17H35FNO35P5/c1-31-56(23,24)38-8-2-32-46-52-47-33-3-9-39-57(25,26)40-10-4-34-48-53-49-35-5-11-41-58(27,28)42-12-6-36-50-54-51-37-7-13-43-59(29,30)45-16-17(14-19-18)15-44-55(20,21)22/h2,4,6,8,10,12,17,19H,3,5,7,9,11,13-16H2,1H3,(H,23,24)(H,25,26)(H,27,28)(H,29,30)(H2,20,21,22)/p-5/b8-2+,10-4-,12-6-. The highest BCUT2D eigenvalue weighted by molar-refractivity contribution is 7.46. The van der Waals surface area contributed by atoms with Crippen molar-refractivity contribution in [3.05, 3.63) is 37.6 Å². The van der Waals surface area contributed by atoms with Gasteiger partial charge in [-0.3, -0.25) is 22.8 Å². The van der Waals surface area contributed by atoms with Crippen LogP contribution < -0.4 is 30.0 Å². The van der Waals surface area contributed by atoms with Crippen molar-refractivity contribution in [1.82, 2.24) is 5.54 Å². The van der Waals surface area contributed by atoms with Crippen molar-refractivity contribution in [3.8, 4) is 0 Å². The Bertz CT molecular complexity index is 1400. The van der Waals surface area contributed by atoms with E-state index in [9.17, 15) is 51.8 Å². The molecule has 0 radical (unpaired) electrons. The molecule has 6 atom stereocenters. The Morgan fingerprint density at radius 1 is 0.508 bits per heavy atom. The number of hydrogen-bond acceptors (Lipinski definition) is 35. The molecule has 42 heteroatoms. The highest BCUT2D eigenvalue weighted by Crippen LogP contribution is 2.40. The van der Waals surface area contributed by atoms with Gasteiger partial charge in [0.15, 0.2) is 18.8 Å². The van der Waals surface area contributed by atoms with E-state index in [-0.39, 0.29) is 0 Å². The van der Waals surface area contributed by atoms with E-state index in [0.29, 0.717) is 37.6 Å². The number of rotatable bonds is 42. The minimum Gasteiger partial charge on any atom is -0.756 e. The van der Waals surface area contributed by atoms with Crippen molar-refractivity contribution in [1.29, 1.82) is 0 Å². The molecule has 0 aromatic carbocycles. The van der Waals surface area contributed by atoms with E-state index < -0.39 is 104 Å². The molecule has 2 N–H and O–H groups in total. The average Bonchev–Trinajstić information content (AvgIpc) is 3.15. The lowest BCUT2D eigenvalue weighted by molar-refractivity contribution is -0.700. The van der Waals surface area contributed by atoms with Crippen LogP contribution in [0.3, 0.4) is 0 Å². The van der Waals surface area contributed by atoms with Gasteiger partial charge in [0.1, 0.15) is 38.6 Å². The largest absolute Gasteiger partial charge is 0.756 e. The highest BCUT2D eigenvalue weighted by atomic mass is 31.2. The molecule has 0 spiro atoms. The zero-order valence-electron chi connectivity index (χ0n) is 28.8. The molecular weight excluding hydrogens is 952 g/mol. The second-order valence-corrected chi connectivity index (χ2v) is 15.0. The lowest BCUT2D eigenvalue weighted by atomic mass is 10.2. The molecule has 0 saturated heterocycles. The van der Waals surface area contributed by atoms with Crippen LogP contribution in [-0.2, 0) is 138 Å². The summed E-state index contributed by atoms with van der Waals surface area (Å²) in [7, 11) is -23.8. The van der Waals surface area contributed by atoms with Crippen LogP contribution in [0.2, 0.25) is 0 Å². The summed E-state index contributed by atoms with van der Waals surface area (Å²) >= 11 is 0. The van der Waals surface area contributed by atoms with Crippen molar-refractivity contribution >= 4 is 39.1 Å². The summed E-state index contributed by atoms with van der Waals surface area (Å²) in [5, 5.41) is 34.8. The first kappa shape index (κ1) is 57.1. The van der Waals surface area contributed by atoms with Crippen molar-refractivity contribution in [2.24, 2.45) is 5.92 Å². The van der Waals surface area contributed by atoms with Gasteiger partial charge in [-0.25, -0.2) is 14.7 Å². The smallest absolute Gasteiger partial charge is 0.319 e. The fourth-order valence-electron chi connectivity index (χ4n) is 2.04. The summed E-state index contributed by atoms with van der Waals surface area (Å²) in [6.07, 6.45) is 2.72. The normalized spacial score (nSPS) is 17.8. The Labute approximate surface area is 327 Å². The summed E-state index contributed by atoms with van der Waals surface area (Å²) in [6.45, 7) is -6.20. The van der Waals surface area contributed by atoms with Gasteiger partial charge in [0.05, 0.1) is 33.0 Å². The maximum atomic E-state index is 12.3. The number of phosphoric acid groups is 5. The summed E-state index contributed by atoms with van der Waals surface area (Å²) < 4.78 is 106. The molecule has 0 saturated carbocycles. The predicted octanol–water partition coefficient (Wildman–Crippen LogP) is -2.17. The zero-order valence-corrected chi connectivity index (χ0v) is 33.3. The number of halogens is 1. The quantitative estimate of drug-likeness (QED) is 0.0164. The molecule has 0 aliphatic carbocycles. The number of nitrogens with one attached hydrogen (secondary N) is 1. The molecule has 0 amide bonds. The van der Waals surface area contributed by atoms with E-state index >= 15 is 0 Å². The molecule has 0 aliphatic heterocycles. The molecule has 0 aromatic heterocycles. The van der Waals surface area contributed by atoms with Crippen LogP contribution in [0, 0.1) is 5.92 Å². The van der Waals surface area contributed by atoms with E-state index in [0.717, 1.165) is 12.6 Å². The highest BCUT2D eigenvalue weighted by Gasteiger charge is 2.18. The lowest BCUT2D eigenvalue weighted by Gasteiger charge is -2.26. The molecule has 0 rings (SSSR count). The summed E-state index contributed by atoms with van der Waals surface area (Å²) in [5.74, 6) is -1.18. The lowest BCUT2D eigenvalue weighted by Crippen LogP contribution is -2.27. The first-order chi connectivity index (χ1) is 27.8. The van der Waals surface area contributed by atoms with Gasteiger partial charge in [0, 0.05) is 49.8 Å². The van der Waals surface area contributed by atoms with Crippen molar-refractivity contribution in [2.75, 3.05) is 66.5 Å². The van der Waals surface area contributed by atoms with Gasteiger partial charge in [-0.05, 0) is 15.1 Å². The Kier molecular flexibility index (Phi) is 32.6. The Morgan fingerprint density at radius 3 is 1.25 bits per heavy atom. The molecule has 0 bridgehead atoms. The molecule has 59 heavy (non-hydrogen) atoms. The van der Waals surface area contributed by atoms with Gasteiger partial charge < -0.3 is 84.7 Å². The van der Waals surface area contributed by atoms with Gasteiger partial charge >= 0.3 is 23.5 Å². The first-order valence-electron chi connectivity index (χ1n) is 14.1. The van der Waals surface area contributed by atoms with Gasteiger partial charge in [-0.2, -0.15) is 5.54 Å². The minimum absolute atomic E-state index is 0.376. The number of hydrogen-bond donors (Lipinski definition) is 2. The SMILES string of the molecule is COP(=O)([O-])O/C=C/OOOOOCCOP(=O)([O-])O/C=C\OOOOOCCOP(=O)([O-])O/C=C\OOOOOCCOP(=O)([O-])OCC(CNF)COP(=O)([O-])O. The molecule has 0 aromatic rings. The van der Waals surface area contributed by atoms with Crippen LogP contribution >= 0.6 is 39.1 Å². The van der Waals surface area contributed by atoms with E-state index in [4.69, 9.17) is 4.89 Å². The van der Waals surface area contributed by atoms with Gasteiger partial charge in [-0.1, -0.05) is 0 Å². The Balaban J connectivity index is 3.77. The Morgan fingerprint density at radius 2 is 0.881 bits per heavy atom. The second-order valence-electron chi connectivity index (χ2n) is 8.23. The molecule has 6 unspecified atom stereocenters. The fraction of sp³-hybridized carbons (Fsp3) is 0.647. The van der Waals surface area contributed by atoms with Crippen LogP contribution in [0.25, 0.3) is 0 Å². The van der Waals surface area contributed by atoms with Crippen LogP contribution in [0.15, 0.2) is 37.6 Å². The average molecular weight is 982 g/mol. The molecule has 0 aliphatic rings. The maximum absolute atomic E-state index is 12.3. The summed E-state index contributed by atoms with van der Waals surface area (Å²) in [4.78, 5) is 89.7. The topological polar surface area (TPSA) is 454 Å².